The van der Waals surface area contributed by atoms with E-state index < -0.39 is 16.1 Å². The molecule has 0 spiro atoms. The number of aliphatic hydroxyl groups is 1. The third-order valence-corrected chi connectivity index (χ3v) is 6.42. The van der Waals surface area contributed by atoms with Crippen molar-refractivity contribution in [2.24, 2.45) is 0 Å². The van der Waals surface area contributed by atoms with Crippen LogP contribution in [0.4, 0.5) is 5.69 Å². The number of hydrogen-bond acceptors (Lipinski definition) is 6. The molecule has 9 heteroatoms. The second-order valence-corrected chi connectivity index (χ2v) is 9.81. The molecule has 1 aliphatic rings. The Kier molecular flexibility index (Phi) is 7.60. The number of rotatable bonds is 8. The number of anilines is 1. The lowest BCUT2D eigenvalue weighted by Crippen LogP contribution is -2.43. The molecule has 7 nitrogen and oxygen atoms in total. The van der Waals surface area contributed by atoms with Gasteiger partial charge in [-0.2, -0.15) is 0 Å². The largest absolute Gasteiger partial charge is 0.491 e. The van der Waals surface area contributed by atoms with Gasteiger partial charge in [0.25, 0.3) is 0 Å². The lowest BCUT2D eigenvalue weighted by Gasteiger charge is -2.34. The van der Waals surface area contributed by atoms with Crippen LogP contribution in [-0.2, 0) is 14.8 Å². The van der Waals surface area contributed by atoms with Crippen LogP contribution in [0.5, 0.6) is 5.75 Å². The predicted molar refractivity (Wildman–Crippen MR) is 118 cm³/mol. The van der Waals surface area contributed by atoms with Gasteiger partial charge < -0.3 is 14.6 Å². The monoisotopic (exact) mass is 454 g/mol. The first-order valence-electron chi connectivity index (χ1n) is 9.66. The molecule has 2 aromatic rings. The van der Waals surface area contributed by atoms with Crippen molar-refractivity contribution in [2.75, 3.05) is 50.5 Å². The first-order valence-corrected chi connectivity index (χ1v) is 11.9. The molecule has 3 rings (SSSR count). The Hall–Kier alpha value is -1.84. The summed E-state index contributed by atoms with van der Waals surface area (Å²) in [5.41, 5.74) is 1.57. The first-order chi connectivity index (χ1) is 14.2. The maximum Gasteiger partial charge on any atom is 0.231 e. The van der Waals surface area contributed by atoms with E-state index in [1.807, 2.05) is 24.3 Å². The van der Waals surface area contributed by atoms with E-state index in [1.54, 1.807) is 24.3 Å². The van der Waals surface area contributed by atoms with Gasteiger partial charge in [0.1, 0.15) is 18.5 Å². The molecule has 0 amide bonds. The maximum atomic E-state index is 11.6. The van der Waals surface area contributed by atoms with Crippen molar-refractivity contribution in [3.8, 4) is 5.75 Å². The number of benzene rings is 2. The third-order valence-electron chi connectivity index (χ3n) is 4.98. The molecule has 164 valence electrons. The summed E-state index contributed by atoms with van der Waals surface area (Å²) in [6.07, 6.45) is 0.405. The van der Waals surface area contributed by atoms with E-state index in [4.69, 9.17) is 21.1 Å². The van der Waals surface area contributed by atoms with Crippen LogP contribution < -0.4 is 9.04 Å². The highest BCUT2D eigenvalue weighted by Crippen LogP contribution is 2.25. The fourth-order valence-corrected chi connectivity index (χ4v) is 3.97. The number of nitrogens with zero attached hydrogens (tertiary/aromatic N) is 2. The van der Waals surface area contributed by atoms with Gasteiger partial charge in [0.05, 0.1) is 24.7 Å². The zero-order valence-electron chi connectivity index (χ0n) is 17.1. The minimum atomic E-state index is -3.31. The molecule has 0 saturated carbocycles. The Morgan fingerprint density at radius 1 is 1.30 bits per heavy atom. The molecular weight excluding hydrogens is 428 g/mol. The minimum absolute atomic E-state index is 0.0788. The average Bonchev–Trinajstić information content (AvgIpc) is 2.72. The summed E-state index contributed by atoms with van der Waals surface area (Å²) in [6, 6.07) is 14.3. The van der Waals surface area contributed by atoms with Gasteiger partial charge in [-0.25, -0.2) is 8.42 Å². The van der Waals surface area contributed by atoms with Crippen molar-refractivity contribution in [1.29, 1.82) is 0 Å². The molecular formula is C21H27ClN2O5S. The Bertz CT molecular complexity index is 939. The molecule has 2 aromatic carbocycles. The predicted octanol–water partition coefficient (Wildman–Crippen LogP) is 2.55. The molecule has 0 aromatic heterocycles. The van der Waals surface area contributed by atoms with E-state index in [0.717, 1.165) is 18.4 Å². The summed E-state index contributed by atoms with van der Waals surface area (Å²) in [7, 11) is -1.81. The van der Waals surface area contributed by atoms with Gasteiger partial charge in [0, 0.05) is 31.7 Å². The minimum Gasteiger partial charge on any atom is -0.491 e. The third kappa shape index (κ3) is 6.33. The lowest BCUT2D eigenvalue weighted by atomic mass is 10.1. The Balaban J connectivity index is 1.49. The normalized spacial score (nSPS) is 18.7. The number of morpholine rings is 1. The Labute approximate surface area is 182 Å². The summed E-state index contributed by atoms with van der Waals surface area (Å²) in [5, 5.41) is 11.1. The van der Waals surface area contributed by atoms with Gasteiger partial charge >= 0.3 is 0 Å². The van der Waals surface area contributed by atoms with Crippen LogP contribution in [0.15, 0.2) is 48.5 Å². The number of β-amino-alcohol motifs (C(OH)–C–C–N with tert-alkyl or cyclic N) is 1. The van der Waals surface area contributed by atoms with Gasteiger partial charge in [-0.15, -0.1) is 0 Å². The topological polar surface area (TPSA) is 79.3 Å². The van der Waals surface area contributed by atoms with Crippen LogP contribution in [-0.4, -0.2) is 70.7 Å². The van der Waals surface area contributed by atoms with E-state index in [2.05, 4.69) is 4.90 Å². The van der Waals surface area contributed by atoms with E-state index in [9.17, 15) is 13.5 Å². The smallest absolute Gasteiger partial charge is 0.231 e. The number of halogens is 1. The molecule has 0 unspecified atom stereocenters. The Morgan fingerprint density at radius 2 is 2.03 bits per heavy atom. The van der Waals surface area contributed by atoms with Crippen LogP contribution in [0.2, 0.25) is 5.02 Å². The second kappa shape index (κ2) is 9.98. The fraction of sp³-hybridized carbons (Fsp3) is 0.429. The SMILES string of the molecule is CN(c1ccc(OC[C@H](O)CN2CCO[C@@H](c3cccc(Cl)c3)C2)cc1)S(C)(=O)=O. The zero-order chi connectivity index (χ0) is 21.7. The summed E-state index contributed by atoms with van der Waals surface area (Å²) in [4.78, 5) is 2.15. The highest BCUT2D eigenvalue weighted by molar-refractivity contribution is 7.92. The van der Waals surface area contributed by atoms with Crippen molar-refractivity contribution < 1.29 is 23.0 Å². The number of sulfonamides is 1. The van der Waals surface area contributed by atoms with Crippen molar-refractivity contribution in [3.63, 3.8) is 0 Å². The van der Waals surface area contributed by atoms with Crippen molar-refractivity contribution in [2.45, 2.75) is 12.2 Å². The summed E-state index contributed by atoms with van der Waals surface area (Å²) >= 11 is 6.08. The van der Waals surface area contributed by atoms with Crippen molar-refractivity contribution in [3.05, 3.63) is 59.1 Å². The highest BCUT2D eigenvalue weighted by Gasteiger charge is 2.24. The molecule has 1 heterocycles. The summed E-state index contributed by atoms with van der Waals surface area (Å²) in [6.45, 7) is 2.60. The second-order valence-electron chi connectivity index (χ2n) is 7.36. The Morgan fingerprint density at radius 3 is 2.70 bits per heavy atom. The van der Waals surface area contributed by atoms with Crippen LogP contribution in [0.25, 0.3) is 0 Å². The molecule has 1 aliphatic heterocycles. The van der Waals surface area contributed by atoms with Crippen LogP contribution in [0.1, 0.15) is 11.7 Å². The standard InChI is InChI=1S/C21H27ClN2O5S/c1-23(30(2,26)27)18-6-8-20(9-7-18)29-15-19(25)13-24-10-11-28-21(14-24)16-4-3-5-17(22)12-16/h3-9,12,19,21,25H,10-11,13-15H2,1-2H3/t19-,21-/m1/s1. The van der Waals surface area contributed by atoms with Crippen LogP contribution >= 0.6 is 11.6 Å². The number of hydrogen-bond donors (Lipinski definition) is 1. The quantitative estimate of drug-likeness (QED) is 0.660. The zero-order valence-corrected chi connectivity index (χ0v) is 18.6. The first kappa shape index (κ1) is 22.8. The molecule has 1 saturated heterocycles. The van der Waals surface area contributed by atoms with Gasteiger partial charge in [-0.1, -0.05) is 23.7 Å². The van der Waals surface area contributed by atoms with Gasteiger partial charge in [0.2, 0.25) is 10.0 Å². The lowest BCUT2D eigenvalue weighted by molar-refractivity contribution is -0.0459. The average molecular weight is 455 g/mol. The molecule has 1 N–H and O–H groups in total. The molecule has 0 radical (unpaired) electrons. The molecule has 1 fully saturated rings. The number of aliphatic hydroxyl groups excluding tert-OH is 1. The molecule has 0 aliphatic carbocycles. The number of ether oxygens (including phenoxy) is 2. The van der Waals surface area contributed by atoms with Crippen molar-refractivity contribution in [1.82, 2.24) is 4.90 Å². The van der Waals surface area contributed by atoms with E-state index in [-0.39, 0.29) is 12.7 Å². The summed E-state index contributed by atoms with van der Waals surface area (Å²) in [5.74, 6) is 0.568. The molecule has 0 bridgehead atoms. The van der Waals surface area contributed by atoms with Crippen LogP contribution in [0, 0.1) is 0 Å². The summed E-state index contributed by atoms with van der Waals surface area (Å²) < 4.78 is 35.9. The van der Waals surface area contributed by atoms with Crippen molar-refractivity contribution >= 4 is 27.3 Å². The molecule has 2 atom stereocenters. The maximum absolute atomic E-state index is 11.6. The molecule has 30 heavy (non-hydrogen) atoms. The van der Waals surface area contributed by atoms with E-state index in [1.165, 1.54) is 11.4 Å². The van der Waals surface area contributed by atoms with Crippen LogP contribution in [0.3, 0.4) is 0 Å². The van der Waals surface area contributed by atoms with Gasteiger partial charge in [-0.3, -0.25) is 9.21 Å². The van der Waals surface area contributed by atoms with E-state index in [0.29, 0.717) is 36.2 Å². The van der Waals surface area contributed by atoms with Gasteiger partial charge in [-0.05, 0) is 42.0 Å². The highest BCUT2D eigenvalue weighted by atomic mass is 35.5. The van der Waals surface area contributed by atoms with Gasteiger partial charge in [0.15, 0.2) is 0 Å². The van der Waals surface area contributed by atoms with E-state index >= 15 is 0 Å². The fourth-order valence-electron chi connectivity index (χ4n) is 3.26.